The van der Waals surface area contributed by atoms with E-state index in [0.29, 0.717) is 16.6 Å². The van der Waals surface area contributed by atoms with Crippen molar-refractivity contribution in [3.05, 3.63) is 76.5 Å². The van der Waals surface area contributed by atoms with E-state index in [2.05, 4.69) is 0 Å². The fourth-order valence-electron chi connectivity index (χ4n) is 4.49. The van der Waals surface area contributed by atoms with Crippen molar-refractivity contribution in [3.8, 4) is 11.5 Å². The predicted molar refractivity (Wildman–Crippen MR) is 110 cm³/mol. The third-order valence-electron chi connectivity index (χ3n) is 6.13. The largest absolute Gasteiger partial charge is 0.505 e. The molecule has 0 aliphatic heterocycles. The molecule has 3 aromatic rings. The molecule has 0 spiro atoms. The van der Waals surface area contributed by atoms with Gasteiger partial charge in [0.2, 0.25) is 0 Å². The normalized spacial score (nSPS) is 16.4. The van der Waals surface area contributed by atoms with Gasteiger partial charge in [-0.15, -0.1) is 0 Å². The fourth-order valence-corrected chi connectivity index (χ4v) is 4.49. The summed E-state index contributed by atoms with van der Waals surface area (Å²) in [4.78, 5) is 17.0. The van der Waals surface area contributed by atoms with Crippen molar-refractivity contribution in [2.24, 2.45) is 0 Å². The van der Waals surface area contributed by atoms with Gasteiger partial charge in [0.05, 0.1) is 18.0 Å². The molecule has 29 heavy (non-hydrogen) atoms. The monoisotopic (exact) mass is 387 g/mol. The van der Waals surface area contributed by atoms with Crippen molar-refractivity contribution in [2.45, 2.75) is 31.1 Å². The summed E-state index contributed by atoms with van der Waals surface area (Å²) >= 11 is 0. The molecule has 5 rings (SSSR count). The first kappa shape index (κ1) is 17.7. The average molecular weight is 387 g/mol. The standard InChI is InChI=1S/C24H21NO4/c1-29-16-9-7-15(8-10-16)24(12-13-24)22-21(26)19(23(27)28)18-11-6-14-4-2-3-5-17(14)20(18)25-22/h6-13,26H,2-5H2,1H3,(H,27,28). The minimum absolute atomic E-state index is 0.0695. The summed E-state index contributed by atoms with van der Waals surface area (Å²) in [5, 5.41) is 21.4. The highest BCUT2D eigenvalue weighted by Gasteiger charge is 2.43. The number of aromatic carboxylic acids is 1. The van der Waals surface area contributed by atoms with Crippen LogP contribution in [0.4, 0.5) is 0 Å². The van der Waals surface area contributed by atoms with Crippen molar-refractivity contribution in [3.63, 3.8) is 0 Å². The molecule has 1 heterocycles. The molecule has 2 aliphatic rings. The third kappa shape index (κ3) is 2.61. The summed E-state index contributed by atoms with van der Waals surface area (Å²) in [6.45, 7) is 0. The Bertz CT molecular complexity index is 1170. The van der Waals surface area contributed by atoms with Crippen molar-refractivity contribution in [1.29, 1.82) is 0 Å². The molecule has 0 saturated carbocycles. The number of carboxylic acids is 1. The highest BCUT2D eigenvalue weighted by Crippen LogP contribution is 2.50. The minimum atomic E-state index is -1.14. The van der Waals surface area contributed by atoms with E-state index in [-0.39, 0.29) is 11.3 Å². The van der Waals surface area contributed by atoms with E-state index in [9.17, 15) is 15.0 Å². The molecule has 0 radical (unpaired) electrons. The first-order chi connectivity index (χ1) is 14.0. The van der Waals surface area contributed by atoms with E-state index in [1.165, 1.54) is 5.56 Å². The Morgan fingerprint density at radius 3 is 2.45 bits per heavy atom. The smallest absolute Gasteiger partial charge is 0.340 e. The van der Waals surface area contributed by atoms with Gasteiger partial charge < -0.3 is 14.9 Å². The second-order valence-corrected chi connectivity index (χ2v) is 7.73. The van der Waals surface area contributed by atoms with Crippen LogP contribution in [-0.2, 0) is 18.3 Å². The van der Waals surface area contributed by atoms with Crippen molar-refractivity contribution in [2.75, 3.05) is 7.11 Å². The lowest BCUT2D eigenvalue weighted by atomic mass is 9.85. The van der Waals surface area contributed by atoms with Crippen LogP contribution in [0.5, 0.6) is 11.5 Å². The van der Waals surface area contributed by atoms with Crippen LogP contribution in [0, 0.1) is 0 Å². The number of carbonyl (C=O) groups is 1. The fraction of sp³-hybridized carbons (Fsp3) is 0.250. The molecule has 0 fully saturated rings. The number of aromatic hydroxyl groups is 1. The Hall–Kier alpha value is -3.34. The lowest BCUT2D eigenvalue weighted by Gasteiger charge is -2.23. The van der Waals surface area contributed by atoms with Crippen LogP contribution in [0.15, 0.2) is 48.6 Å². The Labute approximate surface area is 168 Å². The van der Waals surface area contributed by atoms with Crippen LogP contribution in [-0.4, -0.2) is 28.3 Å². The highest BCUT2D eigenvalue weighted by atomic mass is 16.5. The molecule has 0 unspecified atom stereocenters. The maximum Gasteiger partial charge on any atom is 0.340 e. The Morgan fingerprint density at radius 1 is 1.07 bits per heavy atom. The Balaban J connectivity index is 1.77. The Morgan fingerprint density at radius 2 is 1.79 bits per heavy atom. The molecule has 5 heteroatoms. The quantitative estimate of drug-likeness (QED) is 0.650. The summed E-state index contributed by atoms with van der Waals surface area (Å²) in [5.41, 5.74) is 3.59. The number of nitrogens with zero attached hydrogens (tertiary/aromatic N) is 1. The summed E-state index contributed by atoms with van der Waals surface area (Å²) < 4.78 is 5.24. The zero-order valence-electron chi connectivity index (χ0n) is 16.1. The molecule has 0 bridgehead atoms. The maximum atomic E-state index is 12.1. The number of rotatable bonds is 4. The molecular weight excluding hydrogens is 366 g/mol. The lowest BCUT2D eigenvalue weighted by molar-refractivity contribution is 0.0695. The van der Waals surface area contributed by atoms with Gasteiger partial charge in [0.15, 0.2) is 5.75 Å². The van der Waals surface area contributed by atoms with Crippen LogP contribution in [0.2, 0.25) is 0 Å². The van der Waals surface area contributed by atoms with Crippen LogP contribution >= 0.6 is 0 Å². The van der Waals surface area contributed by atoms with Gasteiger partial charge >= 0.3 is 5.97 Å². The van der Waals surface area contributed by atoms with E-state index in [0.717, 1.165) is 42.6 Å². The zero-order valence-corrected chi connectivity index (χ0v) is 16.1. The molecule has 146 valence electrons. The number of pyridine rings is 1. The van der Waals surface area contributed by atoms with E-state index in [4.69, 9.17) is 9.72 Å². The molecule has 0 atom stereocenters. The van der Waals surface area contributed by atoms with Crippen LogP contribution in [0.3, 0.4) is 0 Å². The predicted octanol–water partition coefficient (Wildman–Crippen LogP) is 4.38. The van der Waals surface area contributed by atoms with Crippen LogP contribution < -0.4 is 4.74 Å². The van der Waals surface area contributed by atoms with Gasteiger partial charge in [0, 0.05) is 5.39 Å². The van der Waals surface area contributed by atoms with E-state index < -0.39 is 11.4 Å². The number of ether oxygens (including phenoxy) is 1. The van der Waals surface area contributed by atoms with Gasteiger partial charge in [0.25, 0.3) is 0 Å². The highest BCUT2D eigenvalue weighted by molar-refractivity contribution is 6.06. The van der Waals surface area contributed by atoms with E-state index >= 15 is 0 Å². The summed E-state index contributed by atoms with van der Waals surface area (Å²) in [6, 6.07) is 11.3. The number of hydrogen-bond acceptors (Lipinski definition) is 4. The number of methoxy groups -OCH3 is 1. The number of fused-ring (bicyclic) bond motifs is 3. The van der Waals surface area contributed by atoms with Crippen LogP contribution in [0.25, 0.3) is 10.9 Å². The van der Waals surface area contributed by atoms with Crippen LogP contribution in [0.1, 0.15) is 45.6 Å². The molecule has 2 N–H and O–H groups in total. The van der Waals surface area contributed by atoms with Gasteiger partial charge in [-0.3, -0.25) is 0 Å². The van der Waals surface area contributed by atoms with Crippen molar-refractivity contribution < 1.29 is 19.7 Å². The number of hydrogen-bond donors (Lipinski definition) is 2. The minimum Gasteiger partial charge on any atom is -0.505 e. The maximum absolute atomic E-state index is 12.1. The lowest BCUT2D eigenvalue weighted by Crippen LogP contribution is -2.17. The molecule has 1 aromatic heterocycles. The van der Waals surface area contributed by atoms with Gasteiger partial charge in [-0.05, 0) is 54.5 Å². The zero-order chi connectivity index (χ0) is 20.2. The molecule has 2 aromatic carbocycles. The van der Waals surface area contributed by atoms with Gasteiger partial charge in [-0.1, -0.05) is 36.4 Å². The summed E-state index contributed by atoms with van der Waals surface area (Å²) in [7, 11) is 1.61. The van der Waals surface area contributed by atoms with E-state index in [1.54, 1.807) is 13.2 Å². The second-order valence-electron chi connectivity index (χ2n) is 7.73. The third-order valence-corrected chi connectivity index (χ3v) is 6.13. The van der Waals surface area contributed by atoms with Gasteiger partial charge in [-0.2, -0.15) is 0 Å². The van der Waals surface area contributed by atoms with Crippen molar-refractivity contribution in [1.82, 2.24) is 4.98 Å². The van der Waals surface area contributed by atoms with E-state index in [1.807, 2.05) is 42.5 Å². The average Bonchev–Trinajstić information content (AvgIpc) is 3.54. The second kappa shape index (κ2) is 6.34. The van der Waals surface area contributed by atoms with Gasteiger partial charge in [0.1, 0.15) is 17.0 Å². The summed E-state index contributed by atoms with van der Waals surface area (Å²) in [6.07, 6.45) is 7.95. The van der Waals surface area contributed by atoms with Crippen molar-refractivity contribution >= 4 is 16.9 Å². The molecule has 2 aliphatic carbocycles. The summed E-state index contributed by atoms with van der Waals surface area (Å²) in [5.74, 6) is -0.667. The number of aromatic nitrogens is 1. The Kier molecular flexibility index (Phi) is 3.88. The number of allylic oxidation sites excluding steroid dienone is 2. The number of benzene rings is 2. The molecule has 0 amide bonds. The topological polar surface area (TPSA) is 79.7 Å². The molecule has 5 nitrogen and oxygen atoms in total. The molecular formula is C24H21NO4. The molecule has 0 saturated heterocycles. The first-order valence-corrected chi connectivity index (χ1v) is 9.81. The van der Waals surface area contributed by atoms with Gasteiger partial charge in [-0.25, -0.2) is 9.78 Å². The number of carboxylic acid groups (broad SMARTS) is 1. The SMILES string of the molecule is COc1ccc(C2(c3nc4c5c(ccc4c(C(=O)O)c3O)CCCC5)C=C2)cc1. The first-order valence-electron chi connectivity index (χ1n) is 9.81. The number of aryl methyl sites for hydroxylation is 2.